The van der Waals surface area contributed by atoms with Crippen LogP contribution in [0.2, 0.25) is 10.0 Å². The number of carbonyl (C=O) groups excluding carboxylic acids is 2. The minimum Gasteiger partial charge on any atom is -0.394 e. The standard InChI is InChI=1S/C30H32Cl2F3N3O5/c1-42-21-8-16(10-43-22(21)9-39)36-26(40)25-23(17-3-2-4-19(32)24(17)35)30(29(38-25)11-28(12-29,13-33)14-34)18-6-5-15(31)7-20(18)37-27(30)41/h2-7,16,21-23,25,38-39H,8-14H2,1H3,(H,36,40)(H,37,41)/t16-,21?,22+,23+,25-,30-/m1/s1. The zero-order chi connectivity index (χ0) is 30.7. The molecule has 2 aromatic carbocycles. The zero-order valence-electron chi connectivity index (χ0n) is 23.3. The van der Waals surface area contributed by atoms with E-state index in [9.17, 15) is 23.5 Å². The summed E-state index contributed by atoms with van der Waals surface area (Å²) in [5.41, 5.74) is -3.47. The van der Waals surface area contributed by atoms with Crippen LogP contribution in [-0.2, 0) is 24.5 Å². The van der Waals surface area contributed by atoms with Crippen molar-refractivity contribution in [3.05, 3.63) is 63.4 Å². The van der Waals surface area contributed by atoms with E-state index in [1.807, 2.05) is 0 Å². The van der Waals surface area contributed by atoms with Crippen molar-refractivity contribution in [1.82, 2.24) is 10.6 Å². The number of carbonyl (C=O) groups is 2. The lowest BCUT2D eigenvalue weighted by Crippen LogP contribution is -2.70. The molecule has 6 rings (SSSR count). The highest BCUT2D eigenvalue weighted by Gasteiger charge is 2.78. The van der Waals surface area contributed by atoms with Gasteiger partial charge in [-0.1, -0.05) is 41.4 Å². The van der Waals surface area contributed by atoms with E-state index in [2.05, 4.69) is 16.0 Å². The highest BCUT2D eigenvalue weighted by Crippen LogP contribution is 2.68. The van der Waals surface area contributed by atoms with E-state index in [1.165, 1.54) is 25.3 Å². The summed E-state index contributed by atoms with van der Waals surface area (Å²) in [5.74, 6) is -3.05. The fourth-order valence-corrected chi connectivity index (χ4v) is 8.37. The zero-order valence-corrected chi connectivity index (χ0v) is 24.8. The fraction of sp³-hybridized carbons (Fsp3) is 0.533. The highest BCUT2D eigenvalue weighted by molar-refractivity contribution is 6.31. The molecule has 2 spiro atoms. The van der Waals surface area contributed by atoms with Crippen molar-refractivity contribution in [2.24, 2.45) is 5.41 Å². The molecule has 1 saturated carbocycles. The third kappa shape index (κ3) is 4.49. The Morgan fingerprint density at radius 2 is 1.95 bits per heavy atom. The molecule has 4 N–H and O–H groups in total. The molecular weight excluding hydrogens is 610 g/mol. The summed E-state index contributed by atoms with van der Waals surface area (Å²) in [5, 5.41) is 18.9. The summed E-state index contributed by atoms with van der Waals surface area (Å²) in [6, 6.07) is 7.43. The van der Waals surface area contributed by atoms with Crippen molar-refractivity contribution >= 4 is 40.7 Å². The van der Waals surface area contributed by atoms with Gasteiger partial charge in [0.05, 0.1) is 49.8 Å². The molecule has 2 amide bonds. The van der Waals surface area contributed by atoms with Crippen LogP contribution < -0.4 is 16.0 Å². The van der Waals surface area contributed by atoms with E-state index in [-0.39, 0.29) is 36.6 Å². The van der Waals surface area contributed by atoms with E-state index in [1.54, 1.807) is 18.2 Å². The largest absolute Gasteiger partial charge is 0.394 e. The number of hydrogen-bond acceptors (Lipinski definition) is 6. The first-order chi connectivity index (χ1) is 20.6. The van der Waals surface area contributed by atoms with Crippen LogP contribution in [0.3, 0.4) is 0 Å². The second-order valence-corrected chi connectivity index (χ2v) is 13.0. The van der Waals surface area contributed by atoms with Gasteiger partial charge in [-0.05, 0) is 48.6 Å². The minimum atomic E-state index is -1.64. The van der Waals surface area contributed by atoms with E-state index in [4.69, 9.17) is 32.7 Å². The maximum atomic E-state index is 16.0. The summed E-state index contributed by atoms with van der Waals surface area (Å²) in [6.45, 7) is -2.09. The molecule has 4 aliphatic rings. The number of amides is 2. The Morgan fingerprint density at radius 1 is 1.21 bits per heavy atom. The number of benzene rings is 2. The van der Waals surface area contributed by atoms with Gasteiger partial charge in [0.15, 0.2) is 0 Å². The Balaban J connectivity index is 1.49. The number of halogens is 5. The molecule has 1 aliphatic carbocycles. The second-order valence-electron chi connectivity index (χ2n) is 12.2. The average molecular weight is 643 g/mol. The van der Waals surface area contributed by atoms with Crippen molar-refractivity contribution in [2.75, 3.05) is 39.0 Å². The molecule has 3 aliphatic heterocycles. The Morgan fingerprint density at radius 3 is 2.63 bits per heavy atom. The smallest absolute Gasteiger partial charge is 0.238 e. The first kappa shape index (κ1) is 30.6. The minimum absolute atomic E-state index is 0.0166. The molecule has 1 unspecified atom stereocenters. The van der Waals surface area contributed by atoms with Crippen molar-refractivity contribution < 1.29 is 37.3 Å². The van der Waals surface area contributed by atoms with Crippen molar-refractivity contribution in [2.45, 2.75) is 60.4 Å². The average Bonchev–Trinajstić information content (AvgIpc) is 3.45. The van der Waals surface area contributed by atoms with Crippen LogP contribution >= 0.6 is 23.2 Å². The first-order valence-corrected chi connectivity index (χ1v) is 14.8. The van der Waals surface area contributed by atoms with Gasteiger partial charge < -0.3 is 25.2 Å². The lowest BCUT2D eigenvalue weighted by molar-refractivity contribution is -0.135. The summed E-state index contributed by atoms with van der Waals surface area (Å²) >= 11 is 12.5. The van der Waals surface area contributed by atoms with Gasteiger partial charge in [-0.3, -0.25) is 23.7 Å². The number of aliphatic hydroxyl groups is 1. The highest BCUT2D eigenvalue weighted by atomic mass is 35.5. The van der Waals surface area contributed by atoms with E-state index in [0.717, 1.165) is 0 Å². The molecule has 3 heterocycles. The normalized spacial score (nSPS) is 32.0. The maximum Gasteiger partial charge on any atom is 0.238 e. The summed E-state index contributed by atoms with van der Waals surface area (Å²) in [7, 11) is 1.48. The van der Waals surface area contributed by atoms with Gasteiger partial charge >= 0.3 is 0 Å². The van der Waals surface area contributed by atoms with Crippen molar-refractivity contribution in [3.8, 4) is 0 Å². The number of hydrogen-bond donors (Lipinski definition) is 4. The molecule has 3 fully saturated rings. The number of rotatable bonds is 7. The molecule has 2 aromatic rings. The summed E-state index contributed by atoms with van der Waals surface area (Å²) < 4.78 is 55.7. The summed E-state index contributed by atoms with van der Waals surface area (Å²) in [4.78, 5) is 28.5. The second kappa shape index (κ2) is 11.2. The Labute approximate surface area is 256 Å². The van der Waals surface area contributed by atoms with Gasteiger partial charge in [-0.15, -0.1) is 0 Å². The molecule has 13 heteroatoms. The number of ether oxygens (including phenoxy) is 2. The summed E-state index contributed by atoms with van der Waals surface area (Å²) in [6.07, 6.45) is -0.930. The number of anilines is 1. The van der Waals surface area contributed by atoms with E-state index < -0.39 is 77.6 Å². The number of methoxy groups -OCH3 is 1. The van der Waals surface area contributed by atoms with Gasteiger partial charge in [0.25, 0.3) is 0 Å². The predicted octanol–water partition coefficient (Wildman–Crippen LogP) is 3.82. The van der Waals surface area contributed by atoms with Crippen LogP contribution in [0.25, 0.3) is 0 Å². The molecule has 0 radical (unpaired) electrons. The lowest BCUT2D eigenvalue weighted by Gasteiger charge is -2.59. The lowest BCUT2D eigenvalue weighted by atomic mass is 9.46. The topological polar surface area (TPSA) is 109 Å². The third-order valence-corrected chi connectivity index (χ3v) is 10.3. The Bertz CT molecular complexity index is 1440. The SMILES string of the molecule is COC1C[C@@H](NC(=O)[C@@H]2NC3(CC(CF)(CF)C3)[C@@]3(C(=O)Nc4cc(Cl)ccc43)[C@H]2c2cccc(Cl)c2F)CO[C@H]1CO. The molecule has 8 nitrogen and oxygen atoms in total. The van der Waals surface area contributed by atoms with Crippen LogP contribution in [0, 0.1) is 11.2 Å². The molecule has 43 heavy (non-hydrogen) atoms. The Hall–Kier alpha value is -2.41. The number of fused-ring (bicyclic) bond motifs is 3. The van der Waals surface area contributed by atoms with Crippen LogP contribution in [0.4, 0.5) is 18.9 Å². The van der Waals surface area contributed by atoms with Crippen LogP contribution in [-0.4, -0.2) is 80.4 Å². The van der Waals surface area contributed by atoms with Gasteiger partial charge in [-0.2, -0.15) is 0 Å². The molecule has 2 saturated heterocycles. The monoisotopic (exact) mass is 641 g/mol. The first-order valence-electron chi connectivity index (χ1n) is 14.1. The fourth-order valence-electron chi connectivity index (χ4n) is 8.02. The quantitative estimate of drug-likeness (QED) is 0.366. The maximum absolute atomic E-state index is 16.0. The molecule has 0 bridgehead atoms. The van der Waals surface area contributed by atoms with Crippen LogP contribution in [0.5, 0.6) is 0 Å². The number of aliphatic hydroxyl groups excluding tert-OH is 1. The van der Waals surface area contributed by atoms with Gasteiger partial charge in [-0.25, -0.2) is 4.39 Å². The van der Waals surface area contributed by atoms with Crippen LogP contribution in [0.1, 0.15) is 36.3 Å². The molecule has 0 aromatic heterocycles. The van der Waals surface area contributed by atoms with Crippen molar-refractivity contribution in [1.29, 1.82) is 0 Å². The van der Waals surface area contributed by atoms with E-state index >= 15 is 4.39 Å². The van der Waals surface area contributed by atoms with E-state index in [0.29, 0.717) is 22.7 Å². The molecule has 6 atom stereocenters. The van der Waals surface area contributed by atoms with Crippen LogP contribution in [0.15, 0.2) is 36.4 Å². The van der Waals surface area contributed by atoms with Gasteiger partial charge in [0.2, 0.25) is 11.8 Å². The number of nitrogens with one attached hydrogen (secondary N) is 3. The predicted molar refractivity (Wildman–Crippen MR) is 153 cm³/mol. The Kier molecular flexibility index (Phi) is 7.96. The molecule has 232 valence electrons. The third-order valence-electron chi connectivity index (χ3n) is 9.79. The number of alkyl halides is 2. The molecular formula is C30H32Cl2F3N3O5. The van der Waals surface area contributed by atoms with Gasteiger partial charge in [0.1, 0.15) is 17.3 Å². The van der Waals surface area contributed by atoms with Gasteiger partial charge in [0, 0.05) is 34.7 Å². The van der Waals surface area contributed by atoms with Crippen molar-refractivity contribution in [3.63, 3.8) is 0 Å².